The van der Waals surface area contributed by atoms with Gasteiger partial charge in [0.05, 0.1) is 17.9 Å². The molecule has 2 aromatic rings. The highest BCUT2D eigenvalue weighted by Crippen LogP contribution is 2.57. The Labute approximate surface area is 148 Å². The molecular weight excluding hydrogens is 336 g/mol. The van der Waals surface area contributed by atoms with Gasteiger partial charge in [-0.3, -0.25) is 0 Å². The van der Waals surface area contributed by atoms with E-state index in [1.165, 1.54) is 10.6 Å². The fourth-order valence-corrected chi connectivity index (χ4v) is 5.04. The highest BCUT2D eigenvalue weighted by atomic mass is 32.2. The Balaban J connectivity index is 1.90. The number of nitrogens with zero attached hydrogens (tertiary/aromatic N) is 1. The number of benzene rings is 2. The Hall–Kier alpha value is -2.47. The number of ether oxygens (including phenoxy) is 1. The zero-order valence-electron chi connectivity index (χ0n) is 14.4. The number of sulfonamides is 1. The Kier molecular flexibility index (Phi) is 3.22. The molecule has 1 N–H and O–H groups in total. The van der Waals surface area contributed by atoms with E-state index in [0.717, 1.165) is 11.3 Å². The van der Waals surface area contributed by atoms with E-state index >= 15 is 0 Å². The Morgan fingerprint density at radius 3 is 2.32 bits per heavy atom. The monoisotopic (exact) mass is 356 g/mol. The minimum atomic E-state index is -3.48. The first-order valence-corrected chi connectivity index (χ1v) is 9.94. The van der Waals surface area contributed by atoms with Gasteiger partial charge < -0.3 is 10.1 Å². The first-order valence-electron chi connectivity index (χ1n) is 8.09. The van der Waals surface area contributed by atoms with E-state index in [1.807, 2.05) is 68.4 Å². The van der Waals surface area contributed by atoms with E-state index in [1.54, 1.807) is 6.20 Å². The summed E-state index contributed by atoms with van der Waals surface area (Å²) >= 11 is 0. The maximum Gasteiger partial charge on any atom is 0.233 e. The van der Waals surface area contributed by atoms with E-state index in [4.69, 9.17) is 4.74 Å². The van der Waals surface area contributed by atoms with Gasteiger partial charge in [0.1, 0.15) is 17.2 Å². The molecule has 0 aliphatic carbocycles. The van der Waals surface area contributed by atoms with Crippen LogP contribution >= 0.6 is 0 Å². The quantitative estimate of drug-likeness (QED) is 0.917. The molecule has 6 heteroatoms. The highest BCUT2D eigenvalue weighted by molar-refractivity contribution is 7.88. The van der Waals surface area contributed by atoms with Gasteiger partial charge in [0, 0.05) is 5.69 Å². The summed E-state index contributed by atoms with van der Waals surface area (Å²) in [6.45, 7) is 3.91. The molecule has 0 saturated heterocycles. The first-order chi connectivity index (χ1) is 11.8. The second-order valence-corrected chi connectivity index (χ2v) is 8.69. The smallest absolute Gasteiger partial charge is 0.233 e. The normalized spacial score (nSPS) is 27.3. The Morgan fingerprint density at radius 1 is 1.00 bits per heavy atom. The van der Waals surface area contributed by atoms with Crippen molar-refractivity contribution in [3.05, 3.63) is 72.1 Å². The van der Waals surface area contributed by atoms with Crippen molar-refractivity contribution in [3.8, 4) is 5.75 Å². The second-order valence-electron chi connectivity index (χ2n) is 6.84. The van der Waals surface area contributed by atoms with E-state index in [-0.39, 0.29) is 0 Å². The van der Waals surface area contributed by atoms with Crippen molar-refractivity contribution in [2.75, 3.05) is 11.6 Å². The molecule has 4 rings (SSSR count). The lowest BCUT2D eigenvalue weighted by molar-refractivity contribution is 0.216. The lowest BCUT2D eigenvalue weighted by atomic mass is 9.75. The summed E-state index contributed by atoms with van der Waals surface area (Å²) in [5.41, 5.74) is 0.422. The fourth-order valence-electron chi connectivity index (χ4n) is 3.86. The molecule has 2 aromatic carbocycles. The van der Waals surface area contributed by atoms with Crippen molar-refractivity contribution in [3.63, 3.8) is 0 Å². The van der Waals surface area contributed by atoms with Gasteiger partial charge in [-0.1, -0.05) is 36.4 Å². The lowest BCUT2D eigenvalue weighted by Crippen LogP contribution is -2.57. The topological polar surface area (TPSA) is 58.6 Å². The maximum absolute atomic E-state index is 12.5. The zero-order valence-corrected chi connectivity index (χ0v) is 15.2. The van der Waals surface area contributed by atoms with Crippen molar-refractivity contribution >= 4 is 15.7 Å². The average Bonchev–Trinajstić information content (AvgIpc) is 2.92. The second kappa shape index (κ2) is 5.02. The number of anilines is 1. The van der Waals surface area contributed by atoms with Crippen LogP contribution in [0.3, 0.4) is 0 Å². The van der Waals surface area contributed by atoms with Crippen LogP contribution in [0.15, 0.2) is 66.6 Å². The van der Waals surface area contributed by atoms with Crippen molar-refractivity contribution in [1.29, 1.82) is 0 Å². The average molecular weight is 356 g/mol. The van der Waals surface area contributed by atoms with Gasteiger partial charge in [0.15, 0.2) is 0 Å². The summed E-state index contributed by atoms with van der Waals surface area (Å²) in [7, 11) is -3.48. The summed E-state index contributed by atoms with van der Waals surface area (Å²) in [5, 5.41) is 3.40. The van der Waals surface area contributed by atoms with Crippen LogP contribution in [0.2, 0.25) is 0 Å². The highest BCUT2D eigenvalue weighted by Gasteiger charge is 2.64. The van der Waals surface area contributed by atoms with E-state index in [9.17, 15) is 8.42 Å². The van der Waals surface area contributed by atoms with Crippen molar-refractivity contribution < 1.29 is 13.2 Å². The molecule has 25 heavy (non-hydrogen) atoms. The van der Waals surface area contributed by atoms with Gasteiger partial charge in [-0.25, -0.2) is 12.7 Å². The predicted octanol–water partition coefficient (Wildman–Crippen LogP) is 3.28. The molecule has 130 valence electrons. The van der Waals surface area contributed by atoms with Crippen LogP contribution in [-0.4, -0.2) is 24.6 Å². The third-order valence-electron chi connectivity index (χ3n) is 5.31. The van der Waals surface area contributed by atoms with Gasteiger partial charge >= 0.3 is 0 Å². The standard InChI is InChI=1S/C19H20N2O3S/c1-18-15-11-7-8-12-16(15)20-19(18,2)21(25(3,22)23)13-17(18)24-14-9-5-4-6-10-14/h4-13,20H,1-3H3/t18-,19+/m1/s1. The van der Waals surface area contributed by atoms with Gasteiger partial charge in [0.25, 0.3) is 0 Å². The number of hydrogen-bond acceptors (Lipinski definition) is 4. The number of nitrogens with one attached hydrogen (secondary N) is 1. The van der Waals surface area contributed by atoms with Crippen LogP contribution in [0, 0.1) is 0 Å². The van der Waals surface area contributed by atoms with Crippen LogP contribution in [0.1, 0.15) is 19.4 Å². The van der Waals surface area contributed by atoms with Crippen LogP contribution in [0.5, 0.6) is 5.75 Å². The molecule has 0 spiro atoms. The predicted molar refractivity (Wildman–Crippen MR) is 97.7 cm³/mol. The Morgan fingerprint density at radius 2 is 1.64 bits per heavy atom. The first kappa shape index (κ1) is 16.0. The summed E-state index contributed by atoms with van der Waals surface area (Å²) in [6, 6.07) is 17.3. The van der Waals surface area contributed by atoms with E-state index in [0.29, 0.717) is 11.5 Å². The molecule has 0 radical (unpaired) electrons. The number of rotatable bonds is 3. The molecule has 0 aromatic heterocycles. The van der Waals surface area contributed by atoms with Crippen LogP contribution < -0.4 is 10.1 Å². The molecule has 2 aliphatic heterocycles. The third-order valence-corrected chi connectivity index (χ3v) is 6.50. The van der Waals surface area contributed by atoms with E-state index in [2.05, 4.69) is 5.32 Å². The molecule has 0 fully saturated rings. The number of para-hydroxylation sites is 2. The van der Waals surface area contributed by atoms with Crippen molar-refractivity contribution in [1.82, 2.24) is 4.31 Å². The molecule has 5 nitrogen and oxygen atoms in total. The van der Waals surface area contributed by atoms with Crippen LogP contribution in [0.25, 0.3) is 0 Å². The molecule has 0 unspecified atom stereocenters. The van der Waals surface area contributed by atoms with Crippen LogP contribution in [-0.2, 0) is 15.4 Å². The summed E-state index contributed by atoms with van der Waals surface area (Å²) in [6.07, 6.45) is 2.82. The molecule has 2 heterocycles. The molecule has 0 saturated carbocycles. The van der Waals surface area contributed by atoms with Gasteiger partial charge in [-0.2, -0.15) is 0 Å². The third kappa shape index (κ3) is 2.10. The largest absolute Gasteiger partial charge is 0.459 e. The minimum Gasteiger partial charge on any atom is -0.459 e. The molecule has 0 amide bonds. The molecular formula is C19H20N2O3S. The number of hydrogen-bond donors (Lipinski definition) is 1. The summed E-state index contributed by atoms with van der Waals surface area (Å²) in [4.78, 5) is 0. The fraction of sp³-hybridized carbons (Fsp3) is 0.263. The molecule has 0 bridgehead atoms. The minimum absolute atomic E-state index is 0.601. The van der Waals surface area contributed by atoms with Crippen LogP contribution in [0.4, 0.5) is 5.69 Å². The maximum atomic E-state index is 12.5. The van der Waals surface area contributed by atoms with Gasteiger partial charge in [-0.05, 0) is 37.6 Å². The SMILES string of the molecule is C[C@@]12C(Oc3ccccc3)=CN(S(C)(=O)=O)[C@]1(C)Nc1ccccc12. The molecule has 2 aliphatic rings. The molecule has 2 atom stereocenters. The number of fused-ring (bicyclic) bond motifs is 3. The van der Waals surface area contributed by atoms with Crippen molar-refractivity contribution in [2.45, 2.75) is 24.9 Å². The van der Waals surface area contributed by atoms with Gasteiger partial charge in [0.2, 0.25) is 10.0 Å². The summed E-state index contributed by atoms with van der Waals surface area (Å²) < 4.78 is 32.4. The zero-order chi connectivity index (χ0) is 17.9. The summed E-state index contributed by atoms with van der Waals surface area (Å²) in [5.74, 6) is 1.28. The Bertz CT molecular complexity index is 971. The van der Waals surface area contributed by atoms with E-state index < -0.39 is 21.1 Å². The van der Waals surface area contributed by atoms with Crippen molar-refractivity contribution in [2.24, 2.45) is 0 Å². The van der Waals surface area contributed by atoms with Gasteiger partial charge in [-0.15, -0.1) is 0 Å². The lowest BCUT2D eigenvalue weighted by Gasteiger charge is -2.41.